The highest BCUT2D eigenvalue weighted by Crippen LogP contribution is 2.27. The van der Waals surface area contributed by atoms with Crippen LogP contribution in [0.5, 0.6) is 0 Å². The molecule has 5 nitrogen and oxygen atoms in total. The maximum absolute atomic E-state index is 12.1. The normalized spacial score (nSPS) is 35.8. The molecular weight excluding hydrogens is 254 g/mol. The maximum Gasteiger partial charge on any atom is 0.224 e. The van der Waals surface area contributed by atoms with Crippen molar-refractivity contribution in [3.63, 3.8) is 0 Å². The van der Waals surface area contributed by atoms with Gasteiger partial charge in [-0.2, -0.15) is 0 Å². The first-order chi connectivity index (χ1) is 9.60. The quantitative estimate of drug-likeness (QED) is 0.798. The van der Waals surface area contributed by atoms with E-state index in [9.17, 15) is 4.79 Å². The molecule has 0 saturated carbocycles. The van der Waals surface area contributed by atoms with Crippen LogP contribution in [-0.4, -0.2) is 55.2 Å². The minimum absolute atomic E-state index is 0.128. The first kappa shape index (κ1) is 15.7. The van der Waals surface area contributed by atoms with Crippen LogP contribution in [0.1, 0.15) is 39.5 Å². The lowest BCUT2D eigenvalue weighted by Gasteiger charge is -2.42. The van der Waals surface area contributed by atoms with Gasteiger partial charge in [0.05, 0.1) is 18.1 Å². The second kappa shape index (κ2) is 7.38. The summed E-state index contributed by atoms with van der Waals surface area (Å²) in [5.74, 6) is 0.303. The average Bonchev–Trinajstić information content (AvgIpc) is 2.44. The smallest absolute Gasteiger partial charge is 0.224 e. The number of likely N-dealkylation sites (tertiary alicyclic amines) is 1. The highest BCUT2D eigenvalue weighted by molar-refractivity contribution is 5.78. The largest absolute Gasteiger partial charge is 0.375 e. The number of nitrogens with one attached hydrogen (secondary N) is 1. The minimum Gasteiger partial charge on any atom is -0.375 e. The Kier molecular flexibility index (Phi) is 5.81. The number of piperidine rings is 1. The van der Waals surface area contributed by atoms with E-state index in [4.69, 9.17) is 10.5 Å². The first-order valence-corrected chi connectivity index (χ1v) is 7.97. The van der Waals surface area contributed by atoms with Gasteiger partial charge in [-0.05, 0) is 46.1 Å². The number of hydrogen-bond donors (Lipinski definition) is 2. The fraction of sp³-hybridized carbons (Fsp3) is 0.933. The predicted octanol–water partition coefficient (Wildman–Crippen LogP) is 0.729. The summed E-state index contributed by atoms with van der Waals surface area (Å²) in [5, 5.41) is 2.93. The zero-order valence-corrected chi connectivity index (χ0v) is 12.8. The van der Waals surface area contributed by atoms with Crippen molar-refractivity contribution in [1.29, 1.82) is 0 Å². The number of nitrogens with two attached hydrogens (primary N) is 1. The SMILES string of the molecule is CC1CC(N2CCCC(C(=O)NCCN)C2)CC(C)O1. The summed E-state index contributed by atoms with van der Waals surface area (Å²) in [5.41, 5.74) is 5.44. The van der Waals surface area contributed by atoms with E-state index in [2.05, 4.69) is 24.1 Å². The summed E-state index contributed by atoms with van der Waals surface area (Å²) < 4.78 is 5.81. The summed E-state index contributed by atoms with van der Waals surface area (Å²) in [6.45, 7) is 7.40. The zero-order chi connectivity index (χ0) is 14.5. The molecule has 2 fully saturated rings. The lowest BCUT2D eigenvalue weighted by molar-refractivity contribution is -0.128. The van der Waals surface area contributed by atoms with E-state index in [0.717, 1.165) is 38.8 Å². The Bertz CT molecular complexity index is 314. The Morgan fingerprint density at radius 1 is 1.35 bits per heavy atom. The molecule has 1 amide bonds. The van der Waals surface area contributed by atoms with Crippen LogP contribution in [0.4, 0.5) is 0 Å². The van der Waals surface area contributed by atoms with E-state index in [1.54, 1.807) is 0 Å². The highest BCUT2D eigenvalue weighted by atomic mass is 16.5. The summed E-state index contributed by atoms with van der Waals surface area (Å²) in [7, 11) is 0. The standard InChI is InChI=1S/C15H29N3O2/c1-11-8-14(9-12(2)20-11)18-7-3-4-13(10-18)15(19)17-6-5-16/h11-14H,3-10,16H2,1-2H3,(H,17,19). The number of carbonyl (C=O) groups excluding carboxylic acids is 1. The van der Waals surface area contributed by atoms with Crippen molar-refractivity contribution in [1.82, 2.24) is 10.2 Å². The Morgan fingerprint density at radius 3 is 2.70 bits per heavy atom. The van der Waals surface area contributed by atoms with Crippen LogP contribution in [0.2, 0.25) is 0 Å². The molecule has 2 saturated heterocycles. The number of hydrogen-bond acceptors (Lipinski definition) is 4. The van der Waals surface area contributed by atoms with Crippen molar-refractivity contribution >= 4 is 5.91 Å². The third-order valence-electron chi connectivity index (χ3n) is 4.46. The molecule has 2 aliphatic rings. The molecule has 116 valence electrons. The average molecular weight is 283 g/mol. The van der Waals surface area contributed by atoms with Gasteiger partial charge in [0.1, 0.15) is 0 Å². The van der Waals surface area contributed by atoms with Crippen LogP contribution < -0.4 is 11.1 Å². The molecule has 2 aliphatic heterocycles. The van der Waals surface area contributed by atoms with Gasteiger partial charge in [-0.15, -0.1) is 0 Å². The van der Waals surface area contributed by atoms with E-state index in [-0.39, 0.29) is 11.8 Å². The van der Waals surface area contributed by atoms with Crippen molar-refractivity contribution in [2.45, 2.75) is 57.8 Å². The van der Waals surface area contributed by atoms with Crippen molar-refractivity contribution in [3.8, 4) is 0 Å². The minimum atomic E-state index is 0.128. The molecule has 0 aliphatic carbocycles. The van der Waals surface area contributed by atoms with Gasteiger partial charge >= 0.3 is 0 Å². The van der Waals surface area contributed by atoms with E-state index >= 15 is 0 Å². The van der Waals surface area contributed by atoms with E-state index in [1.807, 2.05) is 0 Å². The summed E-state index contributed by atoms with van der Waals surface area (Å²) in [6, 6.07) is 0.568. The molecule has 0 radical (unpaired) electrons. The fourth-order valence-corrected chi connectivity index (χ4v) is 3.56. The molecule has 0 spiro atoms. The van der Waals surface area contributed by atoms with E-state index < -0.39 is 0 Å². The molecule has 3 atom stereocenters. The number of carbonyl (C=O) groups is 1. The molecule has 5 heteroatoms. The number of nitrogens with zero attached hydrogens (tertiary/aromatic N) is 1. The van der Waals surface area contributed by atoms with E-state index in [0.29, 0.717) is 31.3 Å². The van der Waals surface area contributed by atoms with Gasteiger partial charge in [0.2, 0.25) is 5.91 Å². The van der Waals surface area contributed by atoms with Gasteiger partial charge in [0, 0.05) is 25.7 Å². The molecule has 3 unspecified atom stereocenters. The summed E-state index contributed by atoms with van der Waals surface area (Å²) in [6.07, 6.45) is 4.94. The molecule has 0 aromatic rings. The number of ether oxygens (including phenoxy) is 1. The van der Waals surface area contributed by atoms with Crippen LogP contribution in [0.25, 0.3) is 0 Å². The molecule has 2 heterocycles. The molecule has 2 rings (SSSR count). The van der Waals surface area contributed by atoms with Crippen LogP contribution in [0.3, 0.4) is 0 Å². The van der Waals surface area contributed by atoms with Crippen molar-refractivity contribution < 1.29 is 9.53 Å². The Labute approximate surface area is 122 Å². The van der Waals surface area contributed by atoms with Crippen molar-refractivity contribution in [3.05, 3.63) is 0 Å². The Morgan fingerprint density at radius 2 is 2.05 bits per heavy atom. The van der Waals surface area contributed by atoms with Gasteiger partial charge in [0.25, 0.3) is 0 Å². The van der Waals surface area contributed by atoms with Gasteiger partial charge < -0.3 is 15.8 Å². The van der Waals surface area contributed by atoms with Crippen LogP contribution in [0, 0.1) is 5.92 Å². The van der Waals surface area contributed by atoms with Gasteiger partial charge in [-0.3, -0.25) is 9.69 Å². The third-order valence-corrected chi connectivity index (χ3v) is 4.46. The zero-order valence-electron chi connectivity index (χ0n) is 12.8. The number of amides is 1. The maximum atomic E-state index is 12.1. The topological polar surface area (TPSA) is 67.6 Å². The monoisotopic (exact) mass is 283 g/mol. The van der Waals surface area contributed by atoms with Gasteiger partial charge in [-0.25, -0.2) is 0 Å². The molecular formula is C15H29N3O2. The van der Waals surface area contributed by atoms with Crippen LogP contribution in [-0.2, 0) is 9.53 Å². The lowest BCUT2D eigenvalue weighted by atomic mass is 9.91. The molecule has 0 bridgehead atoms. The fourth-order valence-electron chi connectivity index (χ4n) is 3.56. The van der Waals surface area contributed by atoms with E-state index in [1.165, 1.54) is 0 Å². The highest BCUT2D eigenvalue weighted by Gasteiger charge is 2.33. The second-order valence-corrected chi connectivity index (χ2v) is 6.30. The third kappa shape index (κ3) is 4.17. The molecule has 3 N–H and O–H groups in total. The Balaban J connectivity index is 1.87. The van der Waals surface area contributed by atoms with Crippen LogP contribution in [0.15, 0.2) is 0 Å². The molecule has 0 aromatic heterocycles. The summed E-state index contributed by atoms with van der Waals surface area (Å²) in [4.78, 5) is 14.6. The first-order valence-electron chi connectivity index (χ1n) is 7.97. The lowest BCUT2D eigenvalue weighted by Crippen LogP contribution is -2.51. The summed E-state index contributed by atoms with van der Waals surface area (Å²) >= 11 is 0. The second-order valence-electron chi connectivity index (χ2n) is 6.30. The molecule has 0 aromatic carbocycles. The predicted molar refractivity (Wildman–Crippen MR) is 79.4 cm³/mol. The van der Waals surface area contributed by atoms with Gasteiger partial charge in [0.15, 0.2) is 0 Å². The van der Waals surface area contributed by atoms with Crippen LogP contribution >= 0.6 is 0 Å². The Hall–Kier alpha value is -0.650. The molecule has 20 heavy (non-hydrogen) atoms. The van der Waals surface area contributed by atoms with Crippen molar-refractivity contribution in [2.24, 2.45) is 11.7 Å². The van der Waals surface area contributed by atoms with Crippen molar-refractivity contribution in [2.75, 3.05) is 26.2 Å². The number of rotatable bonds is 4. The van der Waals surface area contributed by atoms with Gasteiger partial charge in [-0.1, -0.05) is 0 Å².